The average molecular weight is 380 g/mol. The van der Waals surface area contributed by atoms with Crippen molar-refractivity contribution in [1.82, 2.24) is 10.6 Å². The molecule has 8 heteroatoms. The van der Waals surface area contributed by atoms with Gasteiger partial charge >= 0.3 is 0 Å². The van der Waals surface area contributed by atoms with Crippen LogP contribution in [-0.4, -0.2) is 44.7 Å². The molecule has 1 rings (SSSR count). The zero-order valence-corrected chi connectivity index (χ0v) is 10.5. The Labute approximate surface area is 97.9 Å². The zero-order valence-electron chi connectivity index (χ0n) is 7.79. The molecule has 7 nitrogen and oxygen atoms in total. The summed E-state index contributed by atoms with van der Waals surface area (Å²) in [6, 6.07) is 0. The van der Waals surface area contributed by atoms with Crippen molar-refractivity contribution >= 4 is 0 Å². The predicted octanol–water partition coefficient (Wildman–Crippen LogP) is -1.63. The van der Waals surface area contributed by atoms with Crippen molar-refractivity contribution in [3.05, 3.63) is 5.32 Å². The molecule has 1 aliphatic heterocycles. The van der Waals surface area contributed by atoms with Crippen LogP contribution >= 0.6 is 0 Å². The molecule has 0 bridgehead atoms. The molecule has 4 N–H and O–H groups in total. The molecule has 1 fully saturated rings. The van der Waals surface area contributed by atoms with Gasteiger partial charge in [-0.2, -0.15) is 0 Å². The van der Waals surface area contributed by atoms with Crippen molar-refractivity contribution < 1.29 is 42.3 Å². The Kier molecular flexibility index (Phi) is 48.7. The van der Waals surface area contributed by atoms with Crippen LogP contribution in [0.15, 0.2) is 0 Å². The monoisotopic (exact) mass is 381 g/mol. The first-order valence-electron chi connectivity index (χ1n) is 3.55. The summed E-state index contributed by atoms with van der Waals surface area (Å²) in [5, 5.41) is 10.8. The van der Waals surface area contributed by atoms with Crippen LogP contribution in [0.2, 0.25) is 0 Å². The van der Waals surface area contributed by atoms with E-state index in [-0.39, 0.29) is 42.3 Å². The summed E-state index contributed by atoms with van der Waals surface area (Å²) in [4.78, 5) is 0. The Hall–Kier alpha value is 0.382. The fraction of sp³-hybridized carbons (Fsp3) is 1.00. The predicted molar refractivity (Wildman–Crippen MR) is 44.5 cm³/mol. The van der Waals surface area contributed by atoms with Gasteiger partial charge in [-0.15, -0.1) is 13.1 Å². The van der Waals surface area contributed by atoms with Crippen LogP contribution in [0.4, 0.5) is 0 Å². The number of hydrogen-bond acceptors (Lipinski definition) is 2. The molecule has 0 aromatic heterocycles. The van der Waals surface area contributed by atoms with Crippen LogP contribution in [0.25, 0.3) is 5.32 Å². The first-order valence-corrected chi connectivity index (χ1v) is 3.55. The van der Waals surface area contributed by atoms with E-state index in [1.165, 1.54) is 0 Å². The van der Waals surface area contributed by atoms with E-state index in [4.69, 9.17) is 0 Å². The molecule has 0 aliphatic carbocycles. The molecule has 0 unspecified atom stereocenters. The third-order valence-corrected chi connectivity index (χ3v) is 1.37. The summed E-state index contributed by atoms with van der Waals surface area (Å²) < 4.78 is 0. The molecule has 0 spiro atoms. The minimum atomic E-state index is 0. The normalized spacial score (nSPS) is 15.4. The van der Waals surface area contributed by atoms with Crippen LogP contribution in [0.5, 0.6) is 0 Å². The van der Waals surface area contributed by atoms with Gasteiger partial charge in [0.15, 0.2) is 0 Å². The van der Waals surface area contributed by atoms with E-state index in [2.05, 4.69) is 16.0 Å². The smallest absolute Gasteiger partial charge is 0.00760 e. The quantitative estimate of drug-likeness (QED) is 0.518. The molecular weight excluding hydrogens is 364 g/mol. The summed E-state index contributed by atoms with van der Waals surface area (Å²) in [5.74, 6) is 0. The number of nitrogens with zero attached hydrogens (tertiary/aromatic N) is 1. The van der Waals surface area contributed by atoms with Gasteiger partial charge in [-0.25, -0.2) is 0 Å². The Bertz CT molecular complexity index is 53.6. The van der Waals surface area contributed by atoms with Crippen molar-refractivity contribution in [3.8, 4) is 0 Å². The standard InChI is InChI=1S/C6H14N3.H2O.3O.Re/c1-2-8-5-6-9-4-3-7-1;;;;;/h7-8H,1-6H2;1H2;;;;/q-1;;3*-2;. The third-order valence-electron chi connectivity index (χ3n) is 1.37. The van der Waals surface area contributed by atoms with E-state index >= 15 is 0 Å². The van der Waals surface area contributed by atoms with Crippen LogP contribution in [0.1, 0.15) is 0 Å². The maximum atomic E-state index is 4.27. The zero-order chi connectivity index (χ0) is 6.36. The van der Waals surface area contributed by atoms with E-state index in [9.17, 15) is 0 Å². The van der Waals surface area contributed by atoms with Crippen molar-refractivity contribution in [2.24, 2.45) is 0 Å². The van der Waals surface area contributed by atoms with Gasteiger partial charge in [0.05, 0.1) is 0 Å². The largest absolute Gasteiger partial charge is 2.00 e. The fourth-order valence-corrected chi connectivity index (χ4v) is 0.855. The first kappa shape index (κ1) is 29.3. The van der Waals surface area contributed by atoms with Crippen LogP contribution in [-0.2, 0) is 36.9 Å². The van der Waals surface area contributed by atoms with Gasteiger partial charge in [0.2, 0.25) is 0 Å². The Morgan fingerprint density at radius 2 is 1.07 bits per heavy atom. The minimum absolute atomic E-state index is 0. The molecule has 14 heavy (non-hydrogen) atoms. The molecule has 1 saturated heterocycles. The summed E-state index contributed by atoms with van der Waals surface area (Å²) >= 11 is 0. The molecule has 1 radical (unpaired) electrons. The number of rotatable bonds is 0. The summed E-state index contributed by atoms with van der Waals surface area (Å²) in [6.45, 7) is 6.19. The molecule has 0 aromatic rings. The first-order chi connectivity index (χ1) is 4.50. The van der Waals surface area contributed by atoms with Crippen LogP contribution < -0.4 is 10.6 Å². The Morgan fingerprint density at radius 3 is 1.43 bits per heavy atom. The minimum Gasteiger partial charge on any atom is -2.00 e. The van der Waals surface area contributed by atoms with Crippen molar-refractivity contribution in [2.45, 2.75) is 0 Å². The van der Waals surface area contributed by atoms with Gasteiger partial charge < -0.3 is 37.9 Å². The summed E-state index contributed by atoms with van der Waals surface area (Å²) in [6.07, 6.45) is 0. The molecular formula is C6H16N3O4Re-7. The fourth-order valence-electron chi connectivity index (χ4n) is 0.855. The topological polar surface area (TPSA) is 155 Å². The SMILES string of the molecule is C1CNCCNCC[N-]1.O.[O-2].[O-2].[O-2].[Re]. The molecule has 1 heterocycles. The molecule has 0 atom stereocenters. The molecule has 93 valence electrons. The maximum Gasteiger partial charge on any atom is 0.00760 e. The van der Waals surface area contributed by atoms with Crippen molar-refractivity contribution in [2.75, 3.05) is 39.3 Å². The van der Waals surface area contributed by atoms with Gasteiger partial charge in [0.25, 0.3) is 0 Å². The van der Waals surface area contributed by atoms with Gasteiger partial charge in [-0.3, -0.25) is 0 Å². The van der Waals surface area contributed by atoms with E-state index in [1.807, 2.05) is 0 Å². The average Bonchev–Trinajstić information content (AvgIpc) is 2.00. The Morgan fingerprint density at radius 1 is 0.714 bits per heavy atom. The van der Waals surface area contributed by atoms with Gasteiger partial charge in [-0.05, 0) is 13.1 Å². The van der Waals surface area contributed by atoms with E-state index in [0.29, 0.717) is 0 Å². The van der Waals surface area contributed by atoms with Crippen LogP contribution in [0, 0.1) is 0 Å². The molecule has 1 aliphatic rings. The van der Waals surface area contributed by atoms with Crippen molar-refractivity contribution in [1.29, 1.82) is 0 Å². The molecule has 0 aromatic carbocycles. The third kappa shape index (κ3) is 18.2. The van der Waals surface area contributed by atoms with E-state index < -0.39 is 0 Å². The van der Waals surface area contributed by atoms with Gasteiger partial charge in [0, 0.05) is 33.5 Å². The van der Waals surface area contributed by atoms with Crippen LogP contribution in [0.3, 0.4) is 0 Å². The van der Waals surface area contributed by atoms with E-state index in [0.717, 1.165) is 39.3 Å². The molecule has 0 amide bonds. The second-order valence-corrected chi connectivity index (χ2v) is 2.17. The number of hydrogen-bond donors (Lipinski definition) is 2. The van der Waals surface area contributed by atoms with E-state index in [1.54, 1.807) is 0 Å². The second-order valence-electron chi connectivity index (χ2n) is 2.17. The summed E-state index contributed by atoms with van der Waals surface area (Å²) in [7, 11) is 0. The van der Waals surface area contributed by atoms with Gasteiger partial charge in [-0.1, -0.05) is 0 Å². The van der Waals surface area contributed by atoms with Crippen molar-refractivity contribution in [3.63, 3.8) is 0 Å². The number of nitrogens with one attached hydrogen (secondary N) is 2. The maximum absolute atomic E-state index is 4.27. The van der Waals surface area contributed by atoms with Gasteiger partial charge in [0.1, 0.15) is 0 Å². The second kappa shape index (κ2) is 23.3. The Balaban J connectivity index is -0.0000000540. The molecule has 0 saturated carbocycles. The summed E-state index contributed by atoms with van der Waals surface area (Å²) in [5.41, 5.74) is 0.